The number of hydrogen-bond donors (Lipinski definition) is 3. The quantitative estimate of drug-likeness (QED) is 0.577. The molecule has 0 aliphatic carbocycles. The molecule has 2 rings (SSSR count). The topological polar surface area (TPSA) is 108 Å². The van der Waals surface area contributed by atoms with Crippen molar-refractivity contribution < 1.29 is 18.2 Å². The summed E-state index contributed by atoms with van der Waals surface area (Å²) >= 11 is 0. The number of alkyl halides is 3. The van der Waals surface area contributed by atoms with Gasteiger partial charge >= 0.3 is 12.1 Å². The summed E-state index contributed by atoms with van der Waals surface area (Å²) in [7, 11) is 0. The van der Waals surface area contributed by atoms with Crippen molar-refractivity contribution in [3.8, 4) is 0 Å². The third-order valence-corrected chi connectivity index (χ3v) is 1.72. The van der Waals surface area contributed by atoms with Crippen molar-refractivity contribution in [2.45, 2.75) is 6.18 Å². The number of aromatic amines is 2. The first-order valence-electron chi connectivity index (χ1n) is 3.79. The third-order valence-electron chi connectivity index (χ3n) is 1.72. The molecule has 2 aromatic heterocycles. The molecule has 0 atom stereocenters. The lowest BCUT2D eigenvalue weighted by molar-refractivity contribution is -0.333. The minimum Gasteiger partial charge on any atom is -0.371 e. The fourth-order valence-corrected chi connectivity index (χ4v) is 1.12. The van der Waals surface area contributed by atoms with Crippen LogP contribution in [0.15, 0.2) is 0 Å². The summed E-state index contributed by atoms with van der Waals surface area (Å²) in [4.78, 5) is 11.2. The number of halogens is 3. The van der Waals surface area contributed by atoms with Gasteiger partial charge in [0.2, 0.25) is 5.82 Å². The monoisotopic (exact) mass is 219 g/mol. The van der Waals surface area contributed by atoms with Crippen LogP contribution in [-0.4, -0.2) is 15.0 Å². The molecule has 80 valence electrons. The maximum Gasteiger partial charge on any atom is 0.462 e. The molecule has 9 heteroatoms. The number of aromatic nitrogens is 4. The van der Waals surface area contributed by atoms with Gasteiger partial charge in [-0.2, -0.15) is 13.2 Å². The standard InChI is InChI=1S/C6H5F3N6/c7-6(8,9)4-12-1-2(10)13-5(11)15-3(1)14-4/h(H5,10,11,12,13,14,15)/p+1. The predicted octanol–water partition coefficient (Wildman–Crippen LogP) is -0.0448. The highest BCUT2D eigenvalue weighted by Crippen LogP contribution is 2.28. The van der Waals surface area contributed by atoms with Crippen molar-refractivity contribution in [3.05, 3.63) is 5.82 Å². The first-order chi connectivity index (χ1) is 6.88. The summed E-state index contributed by atoms with van der Waals surface area (Å²) in [5.74, 6) is -1.38. The Labute approximate surface area is 80.5 Å². The molecule has 0 bridgehead atoms. The van der Waals surface area contributed by atoms with E-state index in [2.05, 4.69) is 15.0 Å². The average molecular weight is 219 g/mol. The Balaban J connectivity index is 2.71. The van der Waals surface area contributed by atoms with Crippen molar-refractivity contribution in [1.82, 2.24) is 15.0 Å². The molecular weight excluding hydrogens is 213 g/mol. The number of nitrogens with one attached hydrogen (secondary N) is 2. The molecule has 0 fully saturated rings. The highest BCUT2D eigenvalue weighted by atomic mass is 19.4. The van der Waals surface area contributed by atoms with E-state index >= 15 is 0 Å². The minimum absolute atomic E-state index is 0.0171. The number of imidazole rings is 1. The number of rotatable bonds is 0. The first kappa shape index (κ1) is 9.49. The number of H-pyrrole nitrogens is 2. The number of anilines is 2. The number of nitrogens with two attached hydrogens (primary N) is 2. The van der Waals surface area contributed by atoms with Gasteiger partial charge in [-0.3, -0.25) is 0 Å². The fraction of sp³-hybridized carbons (Fsp3) is 0.167. The molecule has 2 aromatic rings. The third kappa shape index (κ3) is 1.51. The van der Waals surface area contributed by atoms with Crippen LogP contribution < -0.4 is 16.5 Å². The molecule has 0 aromatic carbocycles. The molecule has 0 unspecified atom stereocenters. The second-order valence-corrected chi connectivity index (χ2v) is 2.81. The molecule has 0 spiro atoms. The van der Waals surface area contributed by atoms with Gasteiger partial charge in [-0.15, -0.1) is 4.98 Å². The van der Waals surface area contributed by atoms with Gasteiger partial charge in [0, 0.05) is 0 Å². The van der Waals surface area contributed by atoms with Crippen molar-refractivity contribution in [1.29, 1.82) is 0 Å². The summed E-state index contributed by atoms with van der Waals surface area (Å²) in [6.45, 7) is 0. The Morgan fingerprint density at radius 3 is 2.47 bits per heavy atom. The highest BCUT2D eigenvalue weighted by molar-refractivity contribution is 5.79. The molecule has 0 saturated heterocycles. The SMILES string of the molecule is Nc1nc(N)c2[nH]c(C(F)(F)F)nc2[nH+]1. The molecule has 0 saturated carbocycles. The summed E-state index contributed by atoms with van der Waals surface area (Å²) in [5.41, 5.74) is 10.5. The summed E-state index contributed by atoms with van der Waals surface area (Å²) in [5, 5.41) is 0. The molecule has 2 heterocycles. The van der Waals surface area contributed by atoms with Gasteiger partial charge < -0.3 is 16.5 Å². The molecule has 15 heavy (non-hydrogen) atoms. The van der Waals surface area contributed by atoms with E-state index in [4.69, 9.17) is 11.5 Å². The second kappa shape index (κ2) is 2.72. The number of fused-ring (bicyclic) bond motifs is 1. The van der Waals surface area contributed by atoms with E-state index in [1.165, 1.54) is 0 Å². The van der Waals surface area contributed by atoms with E-state index in [0.29, 0.717) is 0 Å². The average Bonchev–Trinajstić information content (AvgIpc) is 2.46. The van der Waals surface area contributed by atoms with Gasteiger partial charge in [-0.1, -0.05) is 4.98 Å². The lowest BCUT2D eigenvalue weighted by Gasteiger charge is -1.96. The van der Waals surface area contributed by atoms with E-state index < -0.39 is 12.0 Å². The van der Waals surface area contributed by atoms with Crippen LogP contribution in [-0.2, 0) is 6.18 Å². The Morgan fingerprint density at radius 2 is 1.87 bits per heavy atom. The lowest BCUT2D eigenvalue weighted by Crippen LogP contribution is -2.15. The van der Waals surface area contributed by atoms with Crippen molar-refractivity contribution in [3.63, 3.8) is 0 Å². The van der Waals surface area contributed by atoms with E-state index in [-0.39, 0.29) is 22.9 Å². The van der Waals surface area contributed by atoms with E-state index in [0.717, 1.165) is 0 Å². The van der Waals surface area contributed by atoms with Crippen LogP contribution in [0.1, 0.15) is 5.82 Å². The highest BCUT2D eigenvalue weighted by Gasteiger charge is 2.38. The zero-order valence-corrected chi connectivity index (χ0v) is 7.18. The lowest BCUT2D eigenvalue weighted by atomic mass is 10.5. The maximum absolute atomic E-state index is 12.3. The zero-order valence-electron chi connectivity index (χ0n) is 7.18. The Hall–Kier alpha value is -2.06. The van der Waals surface area contributed by atoms with Crippen LogP contribution in [0.4, 0.5) is 24.9 Å². The van der Waals surface area contributed by atoms with Crippen molar-refractivity contribution in [2.24, 2.45) is 0 Å². The fourth-order valence-electron chi connectivity index (χ4n) is 1.12. The van der Waals surface area contributed by atoms with Crippen LogP contribution in [0.25, 0.3) is 11.2 Å². The molecule has 6 nitrogen and oxygen atoms in total. The second-order valence-electron chi connectivity index (χ2n) is 2.81. The summed E-state index contributed by atoms with van der Waals surface area (Å²) < 4.78 is 36.8. The van der Waals surface area contributed by atoms with Gasteiger partial charge in [-0.25, -0.2) is 4.98 Å². The van der Waals surface area contributed by atoms with Gasteiger partial charge in [0.05, 0.1) is 0 Å². The van der Waals surface area contributed by atoms with Crippen LogP contribution >= 0.6 is 0 Å². The predicted molar refractivity (Wildman–Crippen MR) is 44.3 cm³/mol. The van der Waals surface area contributed by atoms with Crippen LogP contribution in [0.2, 0.25) is 0 Å². The van der Waals surface area contributed by atoms with Gasteiger partial charge in [0.1, 0.15) is 0 Å². The van der Waals surface area contributed by atoms with Crippen molar-refractivity contribution >= 4 is 22.9 Å². The molecule has 6 N–H and O–H groups in total. The van der Waals surface area contributed by atoms with Gasteiger partial charge in [-0.05, 0) is 0 Å². The minimum atomic E-state index is -4.56. The molecular formula is C6H6F3N6+. The van der Waals surface area contributed by atoms with Crippen LogP contribution in [0, 0.1) is 0 Å². The van der Waals surface area contributed by atoms with Gasteiger partial charge in [0.15, 0.2) is 5.52 Å². The normalized spacial score (nSPS) is 12.2. The first-order valence-corrected chi connectivity index (χ1v) is 3.79. The van der Waals surface area contributed by atoms with Crippen LogP contribution in [0.3, 0.4) is 0 Å². The number of nitrogen functional groups attached to an aromatic ring is 2. The van der Waals surface area contributed by atoms with Crippen LogP contribution in [0.5, 0.6) is 0 Å². The summed E-state index contributed by atoms with van der Waals surface area (Å²) in [6, 6.07) is 0. The van der Waals surface area contributed by atoms with E-state index in [9.17, 15) is 13.2 Å². The Morgan fingerprint density at radius 1 is 1.20 bits per heavy atom. The Kier molecular flexibility index (Phi) is 1.72. The van der Waals surface area contributed by atoms with Gasteiger partial charge in [0.25, 0.3) is 11.5 Å². The Bertz CT molecular complexity index is 515. The van der Waals surface area contributed by atoms with E-state index in [1.54, 1.807) is 0 Å². The molecule has 0 aliphatic heterocycles. The smallest absolute Gasteiger partial charge is 0.371 e. The summed E-state index contributed by atoms with van der Waals surface area (Å²) in [6.07, 6.45) is -4.56. The maximum atomic E-state index is 12.3. The van der Waals surface area contributed by atoms with Crippen molar-refractivity contribution in [2.75, 3.05) is 11.5 Å². The largest absolute Gasteiger partial charge is 0.462 e. The molecule has 0 amide bonds. The zero-order chi connectivity index (χ0) is 11.2. The van der Waals surface area contributed by atoms with E-state index in [1.807, 2.05) is 4.98 Å². The molecule has 0 aliphatic rings. The molecule has 0 radical (unpaired) electrons. The number of hydrogen-bond acceptors (Lipinski definition) is 4. The number of nitrogens with zero attached hydrogens (tertiary/aromatic N) is 2.